The molecule has 0 aliphatic carbocycles. The number of aromatic hydroxyl groups is 1. The first-order valence-corrected chi connectivity index (χ1v) is 5.95. The van der Waals surface area contributed by atoms with E-state index in [-0.39, 0.29) is 12.4 Å². The molecule has 0 fully saturated rings. The number of benzene rings is 2. The van der Waals surface area contributed by atoms with E-state index in [1.165, 1.54) is 0 Å². The quantitative estimate of drug-likeness (QED) is 0.451. The molecule has 21 heavy (non-hydrogen) atoms. The van der Waals surface area contributed by atoms with Crippen LogP contribution in [0.25, 0.3) is 0 Å². The van der Waals surface area contributed by atoms with Crippen LogP contribution >= 0.6 is 0 Å². The van der Waals surface area contributed by atoms with Gasteiger partial charge in [0.2, 0.25) is 0 Å². The Morgan fingerprint density at radius 2 is 1.67 bits per heavy atom. The molecule has 6 nitrogen and oxygen atoms in total. The van der Waals surface area contributed by atoms with Crippen molar-refractivity contribution < 1.29 is 24.5 Å². The van der Waals surface area contributed by atoms with Gasteiger partial charge in [0.15, 0.2) is 6.61 Å². The standard InChI is InChI=1S/C9H8O4.C6H7NO/c10-5-7-1-3-8(4-2-7)13-6-9(11)12;7-5-1-3-6(8)4-2-5/h1-5H,6H2,(H,11,12);1-4,8H,7H2. The maximum absolute atomic E-state index is 10.2. The number of aliphatic carboxylic acids is 1. The van der Waals surface area contributed by atoms with Crippen LogP contribution < -0.4 is 10.5 Å². The molecule has 0 atom stereocenters. The fraction of sp³-hybridized carbons (Fsp3) is 0.0667. The first-order chi connectivity index (χ1) is 10.0. The lowest BCUT2D eigenvalue weighted by Gasteiger charge is -2.01. The summed E-state index contributed by atoms with van der Waals surface area (Å²) in [5.74, 6) is -0.341. The number of nitrogens with two attached hydrogens (primary N) is 1. The maximum atomic E-state index is 10.2. The summed E-state index contributed by atoms with van der Waals surface area (Å²) in [4.78, 5) is 20.4. The minimum Gasteiger partial charge on any atom is -0.508 e. The van der Waals surface area contributed by atoms with Crippen LogP contribution in [-0.2, 0) is 4.79 Å². The van der Waals surface area contributed by atoms with Gasteiger partial charge in [0.05, 0.1) is 0 Å². The zero-order valence-corrected chi connectivity index (χ0v) is 11.1. The van der Waals surface area contributed by atoms with E-state index in [2.05, 4.69) is 0 Å². The fourth-order valence-corrected chi connectivity index (χ4v) is 1.26. The zero-order valence-electron chi connectivity index (χ0n) is 11.1. The van der Waals surface area contributed by atoms with Gasteiger partial charge in [0.1, 0.15) is 17.8 Å². The van der Waals surface area contributed by atoms with E-state index in [1.807, 2.05) is 0 Å². The van der Waals surface area contributed by atoms with Crippen molar-refractivity contribution in [1.82, 2.24) is 0 Å². The molecule has 2 aromatic carbocycles. The molecule has 0 radical (unpaired) electrons. The van der Waals surface area contributed by atoms with Gasteiger partial charge in [-0.25, -0.2) is 4.79 Å². The molecular weight excluding hydrogens is 274 g/mol. The van der Waals surface area contributed by atoms with Crippen molar-refractivity contribution in [2.45, 2.75) is 0 Å². The third-order valence-electron chi connectivity index (χ3n) is 2.27. The number of hydrogen-bond acceptors (Lipinski definition) is 5. The first kappa shape index (κ1) is 16.0. The number of rotatable bonds is 4. The number of carbonyl (C=O) groups excluding carboxylic acids is 1. The Hall–Kier alpha value is -3.02. The van der Waals surface area contributed by atoms with Crippen molar-refractivity contribution in [3.05, 3.63) is 54.1 Å². The van der Waals surface area contributed by atoms with Crippen molar-refractivity contribution >= 4 is 17.9 Å². The molecule has 0 saturated heterocycles. The van der Waals surface area contributed by atoms with E-state index in [9.17, 15) is 9.59 Å². The minimum atomic E-state index is -1.03. The molecule has 6 heteroatoms. The summed E-state index contributed by atoms with van der Waals surface area (Å²) in [5, 5.41) is 17.0. The van der Waals surface area contributed by atoms with Gasteiger partial charge >= 0.3 is 5.97 Å². The van der Waals surface area contributed by atoms with Gasteiger partial charge in [-0.05, 0) is 48.5 Å². The Morgan fingerprint density at radius 1 is 1.10 bits per heavy atom. The van der Waals surface area contributed by atoms with Gasteiger partial charge in [-0.2, -0.15) is 0 Å². The number of ether oxygens (including phenoxy) is 1. The lowest BCUT2D eigenvalue weighted by Crippen LogP contribution is -2.09. The molecular formula is C15H15NO5. The second-order valence-corrected chi connectivity index (χ2v) is 3.96. The highest BCUT2D eigenvalue weighted by atomic mass is 16.5. The lowest BCUT2D eigenvalue weighted by molar-refractivity contribution is -0.139. The number of carboxylic acid groups (broad SMARTS) is 1. The number of phenolic OH excluding ortho intramolecular Hbond substituents is 1. The van der Waals surface area contributed by atoms with Crippen molar-refractivity contribution in [3.8, 4) is 11.5 Å². The topological polar surface area (TPSA) is 110 Å². The maximum Gasteiger partial charge on any atom is 0.341 e. The van der Waals surface area contributed by atoms with Gasteiger partial charge in [-0.1, -0.05) is 0 Å². The van der Waals surface area contributed by atoms with Gasteiger partial charge < -0.3 is 20.7 Å². The Bertz CT molecular complexity index is 557. The molecule has 2 rings (SSSR count). The molecule has 2 aromatic rings. The molecule has 0 spiro atoms. The molecule has 4 N–H and O–H groups in total. The molecule has 0 heterocycles. The highest BCUT2D eigenvalue weighted by Gasteiger charge is 1.98. The second-order valence-electron chi connectivity index (χ2n) is 3.96. The van der Waals surface area contributed by atoms with Crippen molar-refractivity contribution in [2.24, 2.45) is 0 Å². The highest BCUT2D eigenvalue weighted by molar-refractivity contribution is 5.75. The number of carboxylic acids is 1. The number of hydrogen-bond donors (Lipinski definition) is 3. The van der Waals surface area contributed by atoms with Crippen LogP contribution in [0.2, 0.25) is 0 Å². The number of aldehydes is 1. The predicted molar refractivity (Wildman–Crippen MR) is 77.5 cm³/mol. The molecule has 0 unspecified atom stereocenters. The Labute approximate surface area is 121 Å². The summed E-state index contributed by atoms with van der Waals surface area (Å²) >= 11 is 0. The Balaban J connectivity index is 0.000000235. The molecule has 0 aliphatic rings. The summed E-state index contributed by atoms with van der Waals surface area (Å²) in [5.41, 5.74) is 6.52. The van der Waals surface area contributed by atoms with Gasteiger partial charge in [0.25, 0.3) is 0 Å². The van der Waals surface area contributed by atoms with Crippen LogP contribution in [0.3, 0.4) is 0 Å². The number of anilines is 1. The van der Waals surface area contributed by atoms with Crippen LogP contribution in [0.4, 0.5) is 5.69 Å². The second kappa shape index (κ2) is 8.21. The fourth-order valence-electron chi connectivity index (χ4n) is 1.26. The largest absolute Gasteiger partial charge is 0.508 e. The van der Waals surface area contributed by atoms with Crippen molar-refractivity contribution in [3.63, 3.8) is 0 Å². The molecule has 0 amide bonds. The van der Waals surface area contributed by atoms with E-state index >= 15 is 0 Å². The summed E-state index contributed by atoms with van der Waals surface area (Å²) in [7, 11) is 0. The first-order valence-electron chi connectivity index (χ1n) is 5.95. The third kappa shape index (κ3) is 6.63. The summed E-state index contributed by atoms with van der Waals surface area (Å²) < 4.78 is 4.85. The van der Waals surface area contributed by atoms with E-state index < -0.39 is 5.97 Å². The lowest BCUT2D eigenvalue weighted by atomic mass is 10.2. The molecule has 0 saturated carbocycles. The van der Waals surface area contributed by atoms with E-state index in [0.29, 0.717) is 23.3 Å². The van der Waals surface area contributed by atoms with Gasteiger partial charge in [-0.15, -0.1) is 0 Å². The Kier molecular flexibility index (Phi) is 6.27. The average molecular weight is 289 g/mol. The molecule has 110 valence electrons. The van der Waals surface area contributed by atoms with E-state index in [4.69, 9.17) is 20.7 Å². The number of nitrogen functional groups attached to an aromatic ring is 1. The van der Waals surface area contributed by atoms with E-state index in [0.717, 1.165) is 0 Å². The SMILES string of the molecule is Nc1ccc(O)cc1.O=Cc1ccc(OCC(=O)O)cc1. The van der Waals surface area contributed by atoms with Crippen molar-refractivity contribution in [2.75, 3.05) is 12.3 Å². The average Bonchev–Trinajstić information content (AvgIpc) is 2.49. The van der Waals surface area contributed by atoms with Crippen LogP contribution in [0, 0.1) is 0 Å². The zero-order chi connectivity index (χ0) is 15.7. The summed E-state index contributed by atoms with van der Waals surface area (Å²) in [6.07, 6.45) is 0.709. The van der Waals surface area contributed by atoms with Crippen molar-refractivity contribution in [1.29, 1.82) is 0 Å². The molecule has 0 bridgehead atoms. The smallest absolute Gasteiger partial charge is 0.341 e. The monoisotopic (exact) mass is 289 g/mol. The van der Waals surface area contributed by atoms with Crippen LogP contribution in [-0.4, -0.2) is 29.1 Å². The summed E-state index contributed by atoms with van der Waals surface area (Å²) in [6.45, 7) is -0.375. The normalized spacial score (nSPS) is 9.14. The van der Waals surface area contributed by atoms with Gasteiger partial charge in [0, 0.05) is 11.3 Å². The third-order valence-corrected chi connectivity index (χ3v) is 2.27. The number of carbonyl (C=O) groups is 2. The number of phenols is 1. The highest BCUT2D eigenvalue weighted by Crippen LogP contribution is 2.10. The molecule has 0 aliphatic heterocycles. The molecule has 0 aromatic heterocycles. The van der Waals surface area contributed by atoms with E-state index in [1.54, 1.807) is 48.5 Å². The summed E-state index contributed by atoms with van der Waals surface area (Å²) in [6, 6.07) is 12.6. The Morgan fingerprint density at radius 3 is 2.10 bits per heavy atom. The van der Waals surface area contributed by atoms with Crippen LogP contribution in [0.1, 0.15) is 10.4 Å². The van der Waals surface area contributed by atoms with Crippen LogP contribution in [0.5, 0.6) is 11.5 Å². The predicted octanol–water partition coefficient (Wildman–Crippen LogP) is 1.94. The minimum absolute atomic E-state index is 0.249. The van der Waals surface area contributed by atoms with Gasteiger partial charge in [-0.3, -0.25) is 4.79 Å². The van der Waals surface area contributed by atoms with Crippen LogP contribution in [0.15, 0.2) is 48.5 Å².